The summed E-state index contributed by atoms with van der Waals surface area (Å²) in [6, 6.07) is 19.0. The third-order valence-electron chi connectivity index (χ3n) is 3.23. The normalized spacial score (nSPS) is 10.9. The van der Waals surface area contributed by atoms with E-state index in [0.717, 1.165) is 13.1 Å². The molecular weight excluding hydrogens is 266 g/mol. The molecule has 0 radical (unpaired) electrons. The van der Waals surface area contributed by atoms with Gasteiger partial charge in [0.1, 0.15) is 0 Å². The van der Waals surface area contributed by atoms with Crippen LogP contribution in [0.25, 0.3) is 0 Å². The van der Waals surface area contributed by atoms with Gasteiger partial charge in [-0.3, -0.25) is 4.90 Å². The van der Waals surface area contributed by atoms with E-state index in [4.69, 9.17) is 0 Å². The first-order chi connectivity index (χ1) is 9.81. The predicted octanol–water partition coefficient (Wildman–Crippen LogP) is 3.40. The molecular formula is C17H21NOS. The molecule has 0 saturated heterocycles. The number of benzene rings is 2. The average molecular weight is 287 g/mol. The molecule has 0 atom stereocenters. The average Bonchev–Trinajstić information content (AvgIpc) is 2.49. The van der Waals surface area contributed by atoms with Gasteiger partial charge >= 0.3 is 0 Å². The molecule has 0 saturated carbocycles. The van der Waals surface area contributed by atoms with Gasteiger partial charge in [-0.25, -0.2) is 0 Å². The Morgan fingerprint density at radius 2 is 1.50 bits per heavy atom. The first kappa shape index (κ1) is 15.1. The van der Waals surface area contributed by atoms with E-state index in [1.54, 1.807) is 11.8 Å². The van der Waals surface area contributed by atoms with E-state index in [-0.39, 0.29) is 6.61 Å². The number of thioether (sulfide) groups is 1. The van der Waals surface area contributed by atoms with Crippen molar-refractivity contribution in [2.75, 3.05) is 19.4 Å². The highest BCUT2D eigenvalue weighted by atomic mass is 32.2. The molecule has 0 amide bonds. The second-order valence-electron chi connectivity index (χ2n) is 4.77. The van der Waals surface area contributed by atoms with Crippen LogP contribution in [0.1, 0.15) is 11.1 Å². The van der Waals surface area contributed by atoms with Crippen LogP contribution in [0.15, 0.2) is 59.5 Å². The molecule has 0 fully saturated rings. The van der Waals surface area contributed by atoms with Gasteiger partial charge < -0.3 is 5.11 Å². The van der Waals surface area contributed by atoms with Crippen LogP contribution in [-0.2, 0) is 13.1 Å². The molecule has 2 rings (SSSR count). The topological polar surface area (TPSA) is 23.5 Å². The lowest BCUT2D eigenvalue weighted by Crippen LogP contribution is -2.26. The Morgan fingerprint density at radius 1 is 0.900 bits per heavy atom. The van der Waals surface area contributed by atoms with E-state index in [1.165, 1.54) is 16.0 Å². The van der Waals surface area contributed by atoms with Crippen molar-refractivity contribution in [1.29, 1.82) is 0 Å². The summed E-state index contributed by atoms with van der Waals surface area (Å²) in [5.41, 5.74) is 2.56. The van der Waals surface area contributed by atoms with Crippen LogP contribution in [-0.4, -0.2) is 29.4 Å². The van der Waals surface area contributed by atoms with E-state index in [9.17, 15) is 5.11 Å². The Balaban J connectivity index is 2.00. The van der Waals surface area contributed by atoms with Gasteiger partial charge in [0.15, 0.2) is 0 Å². The van der Waals surface area contributed by atoms with Crippen molar-refractivity contribution >= 4 is 11.8 Å². The highest BCUT2D eigenvalue weighted by Gasteiger charge is 2.06. The van der Waals surface area contributed by atoms with Crippen LogP contribution in [0.2, 0.25) is 0 Å². The number of hydrogen-bond donors (Lipinski definition) is 1. The SMILES string of the molecule is CSc1ccc(CN(CCO)Cc2ccccc2)cc1. The molecule has 0 aliphatic heterocycles. The smallest absolute Gasteiger partial charge is 0.0558 e. The fourth-order valence-corrected chi connectivity index (χ4v) is 2.59. The van der Waals surface area contributed by atoms with Crippen molar-refractivity contribution in [3.8, 4) is 0 Å². The molecule has 0 aliphatic rings. The van der Waals surface area contributed by atoms with Gasteiger partial charge in [0.05, 0.1) is 6.61 Å². The molecule has 1 N–H and O–H groups in total. The summed E-state index contributed by atoms with van der Waals surface area (Å²) in [7, 11) is 0. The van der Waals surface area contributed by atoms with Gasteiger partial charge in [0, 0.05) is 24.5 Å². The summed E-state index contributed by atoms with van der Waals surface area (Å²) in [6.45, 7) is 2.62. The summed E-state index contributed by atoms with van der Waals surface area (Å²) in [6.07, 6.45) is 2.09. The molecule has 3 heteroatoms. The zero-order chi connectivity index (χ0) is 14.2. The fraction of sp³-hybridized carbons (Fsp3) is 0.294. The van der Waals surface area contributed by atoms with Crippen LogP contribution in [0, 0.1) is 0 Å². The molecule has 0 aliphatic carbocycles. The monoisotopic (exact) mass is 287 g/mol. The zero-order valence-electron chi connectivity index (χ0n) is 11.8. The van der Waals surface area contributed by atoms with Gasteiger partial charge in [0.2, 0.25) is 0 Å². The number of hydrogen-bond acceptors (Lipinski definition) is 3. The van der Waals surface area contributed by atoms with Crippen molar-refractivity contribution < 1.29 is 5.11 Å². The standard InChI is InChI=1S/C17H21NOS/c1-20-17-9-7-16(8-10-17)14-18(11-12-19)13-15-5-3-2-4-6-15/h2-10,19H,11-14H2,1H3. The van der Waals surface area contributed by atoms with E-state index >= 15 is 0 Å². The van der Waals surface area contributed by atoms with Crippen molar-refractivity contribution in [1.82, 2.24) is 4.90 Å². The molecule has 2 aromatic rings. The lowest BCUT2D eigenvalue weighted by molar-refractivity contribution is 0.184. The summed E-state index contributed by atoms with van der Waals surface area (Å²) >= 11 is 1.76. The van der Waals surface area contributed by atoms with E-state index in [2.05, 4.69) is 59.7 Å². The maximum atomic E-state index is 9.23. The predicted molar refractivity (Wildman–Crippen MR) is 85.9 cm³/mol. The third kappa shape index (κ3) is 4.67. The van der Waals surface area contributed by atoms with Gasteiger partial charge in [-0.05, 0) is 29.5 Å². The minimum Gasteiger partial charge on any atom is -0.395 e. The summed E-state index contributed by atoms with van der Waals surface area (Å²) < 4.78 is 0. The Hall–Kier alpha value is -1.29. The zero-order valence-corrected chi connectivity index (χ0v) is 12.6. The minimum atomic E-state index is 0.190. The lowest BCUT2D eigenvalue weighted by atomic mass is 10.1. The summed E-state index contributed by atoms with van der Waals surface area (Å²) in [5.74, 6) is 0. The molecule has 0 heterocycles. The van der Waals surface area contributed by atoms with Crippen LogP contribution < -0.4 is 0 Å². The summed E-state index contributed by atoms with van der Waals surface area (Å²) in [5, 5.41) is 9.23. The van der Waals surface area contributed by atoms with E-state index < -0.39 is 0 Å². The van der Waals surface area contributed by atoms with Crippen LogP contribution in [0.3, 0.4) is 0 Å². The summed E-state index contributed by atoms with van der Waals surface area (Å²) in [4.78, 5) is 3.55. The van der Waals surface area contributed by atoms with Crippen LogP contribution in [0.5, 0.6) is 0 Å². The Kier molecular flexibility index (Phi) is 6.12. The van der Waals surface area contributed by atoms with Crippen molar-refractivity contribution in [2.45, 2.75) is 18.0 Å². The highest BCUT2D eigenvalue weighted by Crippen LogP contribution is 2.16. The second-order valence-corrected chi connectivity index (χ2v) is 5.65. The number of aliphatic hydroxyl groups is 1. The maximum Gasteiger partial charge on any atom is 0.0558 e. The molecule has 0 aromatic heterocycles. The molecule has 20 heavy (non-hydrogen) atoms. The minimum absolute atomic E-state index is 0.190. The van der Waals surface area contributed by atoms with Crippen molar-refractivity contribution in [3.63, 3.8) is 0 Å². The van der Waals surface area contributed by atoms with Gasteiger partial charge in [-0.15, -0.1) is 11.8 Å². The number of nitrogens with zero attached hydrogens (tertiary/aromatic N) is 1. The van der Waals surface area contributed by atoms with E-state index in [0.29, 0.717) is 6.54 Å². The van der Waals surface area contributed by atoms with Crippen LogP contribution in [0.4, 0.5) is 0 Å². The lowest BCUT2D eigenvalue weighted by Gasteiger charge is -2.21. The maximum absolute atomic E-state index is 9.23. The molecule has 2 aromatic carbocycles. The Morgan fingerprint density at radius 3 is 2.05 bits per heavy atom. The van der Waals surface area contributed by atoms with Gasteiger partial charge in [-0.1, -0.05) is 42.5 Å². The fourth-order valence-electron chi connectivity index (χ4n) is 2.19. The van der Waals surface area contributed by atoms with E-state index in [1.807, 2.05) is 6.07 Å². The third-order valence-corrected chi connectivity index (χ3v) is 3.97. The molecule has 0 unspecified atom stereocenters. The first-order valence-corrected chi connectivity index (χ1v) is 8.04. The Bertz CT molecular complexity index is 498. The van der Waals surface area contributed by atoms with Gasteiger partial charge in [0.25, 0.3) is 0 Å². The van der Waals surface area contributed by atoms with Crippen molar-refractivity contribution in [2.24, 2.45) is 0 Å². The van der Waals surface area contributed by atoms with Crippen LogP contribution >= 0.6 is 11.8 Å². The largest absolute Gasteiger partial charge is 0.395 e. The number of aliphatic hydroxyl groups excluding tert-OH is 1. The Labute approximate surface area is 125 Å². The van der Waals surface area contributed by atoms with Crippen molar-refractivity contribution in [3.05, 3.63) is 65.7 Å². The number of rotatable bonds is 7. The second kappa shape index (κ2) is 8.10. The molecule has 0 bridgehead atoms. The molecule has 106 valence electrons. The quantitative estimate of drug-likeness (QED) is 0.790. The van der Waals surface area contributed by atoms with Gasteiger partial charge in [-0.2, -0.15) is 0 Å². The first-order valence-electron chi connectivity index (χ1n) is 6.82. The highest BCUT2D eigenvalue weighted by molar-refractivity contribution is 7.98. The molecule has 2 nitrogen and oxygen atoms in total. The molecule has 0 spiro atoms.